The van der Waals surface area contributed by atoms with Gasteiger partial charge in [0, 0.05) is 44.4 Å². The van der Waals surface area contributed by atoms with Crippen LogP contribution in [0.4, 0.5) is 0 Å². The molecule has 0 amide bonds. The van der Waals surface area contributed by atoms with E-state index >= 15 is 0 Å². The monoisotopic (exact) mass is 300 g/mol. The number of methoxy groups -OCH3 is 1. The number of hydrogen-bond donors (Lipinski definition) is 0. The second kappa shape index (κ2) is 7.51. The lowest BCUT2D eigenvalue weighted by atomic mass is 9.96. The number of nitrogens with zero attached hydrogens (tertiary/aromatic N) is 4. The third-order valence-electron chi connectivity index (χ3n) is 4.39. The molecule has 1 aliphatic heterocycles. The van der Waals surface area contributed by atoms with Gasteiger partial charge >= 0.3 is 0 Å². The van der Waals surface area contributed by atoms with Crippen molar-refractivity contribution in [1.82, 2.24) is 19.4 Å². The van der Waals surface area contributed by atoms with Gasteiger partial charge in [-0.25, -0.2) is 4.98 Å². The first-order chi connectivity index (χ1) is 10.9. The summed E-state index contributed by atoms with van der Waals surface area (Å²) in [6.07, 6.45) is 10.1. The summed E-state index contributed by atoms with van der Waals surface area (Å²) in [6, 6.07) is 4.10. The Labute approximate surface area is 131 Å². The smallest absolute Gasteiger partial charge is 0.112 e. The average molecular weight is 300 g/mol. The van der Waals surface area contributed by atoms with E-state index in [1.807, 2.05) is 24.7 Å². The lowest BCUT2D eigenvalue weighted by molar-refractivity contribution is 0.129. The van der Waals surface area contributed by atoms with Crippen molar-refractivity contribution in [2.45, 2.75) is 25.3 Å². The Hall–Kier alpha value is -1.72. The van der Waals surface area contributed by atoms with Crippen LogP contribution in [-0.2, 0) is 11.3 Å². The van der Waals surface area contributed by atoms with Crippen LogP contribution in [0.3, 0.4) is 0 Å². The van der Waals surface area contributed by atoms with E-state index in [0.717, 1.165) is 32.8 Å². The van der Waals surface area contributed by atoms with Gasteiger partial charge in [-0.2, -0.15) is 0 Å². The molecule has 0 bridgehead atoms. The summed E-state index contributed by atoms with van der Waals surface area (Å²) in [7, 11) is 1.77. The van der Waals surface area contributed by atoms with Crippen LogP contribution < -0.4 is 0 Å². The summed E-state index contributed by atoms with van der Waals surface area (Å²) >= 11 is 0. The van der Waals surface area contributed by atoms with Crippen LogP contribution in [-0.4, -0.2) is 52.8 Å². The third kappa shape index (κ3) is 3.72. The van der Waals surface area contributed by atoms with Crippen LogP contribution in [0.5, 0.6) is 0 Å². The van der Waals surface area contributed by atoms with Crippen LogP contribution in [0.15, 0.2) is 36.9 Å². The summed E-state index contributed by atoms with van der Waals surface area (Å²) < 4.78 is 7.44. The van der Waals surface area contributed by atoms with Gasteiger partial charge in [0.2, 0.25) is 0 Å². The molecule has 0 unspecified atom stereocenters. The van der Waals surface area contributed by atoms with Crippen molar-refractivity contribution in [3.8, 4) is 0 Å². The van der Waals surface area contributed by atoms with Crippen LogP contribution in [0.25, 0.3) is 0 Å². The summed E-state index contributed by atoms with van der Waals surface area (Å²) in [5.41, 5.74) is 1.22. The Morgan fingerprint density at radius 3 is 2.86 bits per heavy atom. The van der Waals surface area contributed by atoms with Crippen molar-refractivity contribution in [2.24, 2.45) is 0 Å². The minimum Gasteiger partial charge on any atom is -0.383 e. The fraction of sp³-hybridized carbons (Fsp3) is 0.529. The van der Waals surface area contributed by atoms with Crippen molar-refractivity contribution in [3.63, 3.8) is 0 Å². The Morgan fingerprint density at radius 1 is 1.27 bits per heavy atom. The maximum absolute atomic E-state index is 5.17. The molecule has 0 spiro atoms. The molecular weight excluding hydrogens is 276 g/mol. The minimum atomic E-state index is 0.561. The van der Waals surface area contributed by atoms with Gasteiger partial charge in [0.25, 0.3) is 0 Å². The highest BCUT2D eigenvalue weighted by Crippen LogP contribution is 2.27. The lowest BCUT2D eigenvalue weighted by Gasteiger charge is -2.31. The maximum Gasteiger partial charge on any atom is 0.112 e. The second-order valence-corrected chi connectivity index (χ2v) is 5.88. The lowest BCUT2D eigenvalue weighted by Crippen LogP contribution is -2.35. The number of hydrogen-bond acceptors (Lipinski definition) is 4. The Balaban J connectivity index is 1.61. The number of ether oxygens (including phenoxy) is 1. The predicted molar refractivity (Wildman–Crippen MR) is 85.9 cm³/mol. The largest absolute Gasteiger partial charge is 0.383 e. The molecule has 0 radical (unpaired) electrons. The van der Waals surface area contributed by atoms with Gasteiger partial charge in [-0.3, -0.25) is 4.98 Å². The first-order valence-corrected chi connectivity index (χ1v) is 7.98. The first kappa shape index (κ1) is 15.2. The van der Waals surface area contributed by atoms with Gasteiger partial charge in [0.05, 0.1) is 13.2 Å². The third-order valence-corrected chi connectivity index (χ3v) is 4.39. The highest BCUT2D eigenvalue weighted by Gasteiger charge is 2.23. The van der Waals surface area contributed by atoms with E-state index in [2.05, 4.69) is 31.7 Å². The predicted octanol–water partition coefficient (Wildman–Crippen LogP) is 2.15. The standard InChI is InChI=1S/C17H24N4O/c1-22-12-11-20-8-4-16(5-9-20)17-19-7-10-21(17)14-15-3-2-6-18-13-15/h2-3,6-7,10,13,16H,4-5,8-9,11-12,14H2,1H3. The number of likely N-dealkylation sites (tertiary alicyclic amines) is 1. The fourth-order valence-electron chi connectivity index (χ4n) is 3.14. The highest BCUT2D eigenvalue weighted by atomic mass is 16.5. The topological polar surface area (TPSA) is 43.2 Å². The molecule has 0 saturated carbocycles. The van der Waals surface area contributed by atoms with E-state index in [0.29, 0.717) is 5.92 Å². The van der Waals surface area contributed by atoms with E-state index < -0.39 is 0 Å². The van der Waals surface area contributed by atoms with E-state index in [1.54, 1.807) is 7.11 Å². The zero-order chi connectivity index (χ0) is 15.2. The van der Waals surface area contributed by atoms with Crippen molar-refractivity contribution >= 4 is 0 Å². The van der Waals surface area contributed by atoms with Gasteiger partial charge in [0.1, 0.15) is 5.82 Å². The van der Waals surface area contributed by atoms with Crippen LogP contribution in [0.1, 0.15) is 30.1 Å². The quantitative estimate of drug-likeness (QED) is 0.820. The molecule has 5 heteroatoms. The maximum atomic E-state index is 5.17. The molecule has 2 aromatic rings. The van der Waals surface area contributed by atoms with Crippen LogP contribution in [0, 0.1) is 0 Å². The van der Waals surface area contributed by atoms with Crippen LogP contribution in [0.2, 0.25) is 0 Å². The molecule has 1 aliphatic rings. The normalized spacial score (nSPS) is 17.0. The molecule has 22 heavy (non-hydrogen) atoms. The highest BCUT2D eigenvalue weighted by molar-refractivity contribution is 5.12. The molecule has 5 nitrogen and oxygen atoms in total. The van der Waals surface area contributed by atoms with Gasteiger partial charge in [-0.15, -0.1) is 0 Å². The molecule has 3 heterocycles. The number of aromatic nitrogens is 3. The molecule has 0 aromatic carbocycles. The van der Waals surface area contributed by atoms with E-state index in [9.17, 15) is 0 Å². The zero-order valence-corrected chi connectivity index (χ0v) is 13.2. The van der Waals surface area contributed by atoms with Crippen LogP contribution >= 0.6 is 0 Å². The minimum absolute atomic E-state index is 0.561. The van der Waals surface area contributed by atoms with Crippen molar-refractivity contribution in [1.29, 1.82) is 0 Å². The molecule has 3 rings (SSSR count). The van der Waals surface area contributed by atoms with E-state index in [4.69, 9.17) is 4.74 Å². The number of rotatable bonds is 6. The molecule has 0 atom stereocenters. The number of imidazole rings is 1. The molecule has 118 valence electrons. The van der Waals surface area contributed by atoms with Gasteiger partial charge in [0.15, 0.2) is 0 Å². The summed E-state index contributed by atoms with van der Waals surface area (Å²) in [5, 5.41) is 0. The van der Waals surface area contributed by atoms with E-state index in [-0.39, 0.29) is 0 Å². The molecular formula is C17H24N4O. The first-order valence-electron chi connectivity index (χ1n) is 7.98. The fourth-order valence-corrected chi connectivity index (χ4v) is 3.14. The summed E-state index contributed by atoms with van der Waals surface area (Å²) in [4.78, 5) is 11.3. The molecule has 0 aliphatic carbocycles. The Morgan fingerprint density at radius 2 is 2.14 bits per heavy atom. The Kier molecular flexibility index (Phi) is 5.19. The number of piperidine rings is 1. The van der Waals surface area contributed by atoms with Gasteiger partial charge in [-0.1, -0.05) is 6.07 Å². The van der Waals surface area contributed by atoms with Gasteiger partial charge < -0.3 is 14.2 Å². The van der Waals surface area contributed by atoms with Crippen molar-refractivity contribution in [2.75, 3.05) is 33.4 Å². The second-order valence-electron chi connectivity index (χ2n) is 5.88. The van der Waals surface area contributed by atoms with E-state index in [1.165, 1.54) is 24.2 Å². The SMILES string of the molecule is COCCN1CCC(c2nccn2Cc2cccnc2)CC1. The molecule has 1 saturated heterocycles. The van der Waals surface area contributed by atoms with Crippen molar-refractivity contribution < 1.29 is 4.74 Å². The van der Waals surface area contributed by atoms with Gasteiger partial charge in [-0.05, 0) is 37.6 Å². The number of pyridine rings is 1. The molecule has 1 fully saturated rings. The summed E-state index contributed by atoms with van der Waals surface area (Å²) in [6.45, 7) is 4.97. The average Bonchev–Trinajstić information content (AvgIpc) is 3.02. The van der Waals surface area contributed by atoms with Crippen molar-refractivity contribution in [3.05, 3.63) is 48.3 Å². The molecule has 2 aromatic heterocycles. The molecule has 0 N–H and O–H groups in total. The summed E-state index contributed by atoms with van der Waals surface area (Å²) in [5.74, 6) is 1.78. The Bertz CT molecular complexity index is 561. The zero-order valence-electron chi connectivity index (χ0n) is 13.2.